The Morgan fingerprint density at radius 3 is 0.793 bits per heavy atom. The van der Waals surface area contributed by atoms with Crippen molar-refractivity contribution in [1.82, 2.24) is 0 Å². The molecule has 0 bridgehead atoms. The molecule has 0 radical (unpaired) electrons. The molecular weight excluding hydrogens is 1210 g/mol. The van der Waals surface area contributed by atoms with E-state index in [0.29, 0.717) is 0 Å². The molecule has 2 aliphatic rings. The third kappa shape index (κ3) is 14.3. The van der Waals surface area contributed by atoms with E-state index in [1.165, 1.54) is 117 Å². The molecule has 0 N–H and O–H groups in total. The molecule has 0 spiro atoms. The molecule has 1 nitrogen and oxygen atoms in total. The lowest BCUT2D eigenvalue weighted by Crippen LogP contribution is -2.09. The van der Waals surface area contributed by atoms with Gasteiger partial charge in [0.25, 0.3) is 0 Å². The van der Waals surface area contributed by atoms with Crippen molar-refractivity contribution in [2.75, 3.05) is 4.90 Å². The molecule has 0 aromatic heterocycles. The summed E-state index contributed by atoms with van der Waals surface area (Å²) in [7, 11) is 0. The van der Waals surface area contributed by atoms with Crippen molar-refractivity contribution in [3.8, 4) is 66.8 Å². The average Bonchev–Trinajstić information content (AvgIpc) is 1.46. The van der Waals surface area contributed by atoms with Crippen LogP contribution in [-0.4, -0.2) is 0 Å². The lowest BCUT2D eigenvalue weighted by atomic mass is 9.98. The first-order chi connectivity index (χ1) is 45.0. The van der Waals surface area contributed by atoms with Gasteiger partial charge in [0, 0.05) is 61.2 Å². The summed E-state index contributed by atoms with van der Waals surface area (Å²) < 4.78 is 0. The Kier molecular flexibility index (Phi) is 19.5. The second-order valence-electron chi connectivity index (χ2n) is 22.1. The van der Waals surface area contributed by atoms with E-state index in [4.69, 9.17) is 11.6 Å². The number of nitrogens with zero attached hydrogens (tertiary/aromatic N) is 1. The Balaban J connectivity index is 0.000000138. The minimum absolute atomic E-state index is 0. The fourth-order valence-corrected chi connectivity index (χ4v) is 16.3. The second kappa shape index (κ2) is 29.2. The van der Waals surface area contributed by atoms with Gasteiger partial charge in [0.05, 0.1) is 0 Å². The lowest BCUT2D eigenvalue weighted by molar-refractivity contribution is 1.16. The highest BCUT2D eigenvalue weighted by atomic mass is 35.5. The van der Waals surface area contributed by atoms with Gasteiger partial charge in [-0.05, 0) is 169 Å². The van der Waals surface area contributed by atoms with Crippen molar-refractivity contribution in [2.45, 2.75) is 45.6 Å². The summed E-state index contributed by atoms with van der Waals surface area (Å²) in [6, 6.07) is 125. The van der Waals surface area contributed by atoms with Gasteiger partial charge in [-0.25, -0.2) is 0 Å². The van der Waals surface area contributed by atoms with Gasteiger partial charge in [-0.1, -0.05) is 326 Å². The Morgan fingerprint density at radius 2 is 0.467 bits per heavy atom. The molecule has 0 unspecified atom stereocenters. The third-order valence-corrected chi connectivity index (χ3v) is 21.6. The van der Waals surface area contributed by atoms with Crippen LogP contribution in [-0.2, 0) is 6.42 Å². The van der Waals surface area contributed by atoms with Crippen LogP contribution >= 0.6 is 58.6 Å². The molecule has 0 atom stereocenters. The van der Waals surface area contributed by atoms with Crippen molar-refractivity contribution < 1.29 is 0 Å². The zero-order valence-corrected chi connectivity index (χ0v) is 54.7. The first-order valence-electron chi connectivity index (χ1n) is 30.4. The van der Waals surface area contributed by atoms with Crippen LogP contribution in [0.15, 0.2) is 391 Å². The highest BCUT2D eigenvalue weighted by Gasteiger charge is 2.22. The zero-order chi connectivity index (χ0) is 61.1. The number of fused-ring (bicyclic) bond motifs is 4. The molecule has 0 saturated carbocycles. The number of hydrogen-bond acceptors (Lipinski definition) is 5. The van der Waals surface area contributed by atoms with Gasteiger partial charge in [0.2, 0.25) is 0 Å². The van der Waals surface area contributed by atoms with Gasteiger partial charge in [-0.15, -0.1) is 0 Å². The summed E-state index contributed by atoms with van der Waals surface area (Å²) in [5.74, 6) is 0. The molecule has 0 fully saturated rings. The van der Waals surface area contributed by atoms with Crippen molar-refractivity contribution in [3.63, 3.8) is 0 Å². The second-order valence-corrected chi connectivity index (χ2v) is 26.8. The first-order valence-corrected chi connectivity index (χ1v) is 34.1. The van der Waals surface area contributed by atoms with Crippen LogP contribution in [0.4, 0.5) is 17.1 Å². The Morgan fingerprint density at radius 1 is 0.217 bits per heavy atom. The van der Waals surface area contributed by atoms with E-state index >= 15 is 0 Å². The predicted octanol–water partition coefficient (Wildman–Crippen LogP) is 26.5. The maximum atomic E-state index is 6.00. The largest absolute Gasteiger partial charge is 0.358 e. The van der Waals surface area contributed by atoms with E-state index in [1.54, 1.807) is 0 Å². The Labute approximate surface area is 563 Å². The molecule has 444 valence electrons. The third-order valence-electron chi connectivity index (χ3n) is 16.1. The van der Waals surface area contributed by atoms with E-state index in [2.05, 4.69) is 345 Å². The van der Waals surface area contributed by atoms with Crippen LogP contribution in [0.2, 0.25) is 5.02 Å². The smallest absolute Gasteiger partial charge is 0.0462 e. The maximum Gasteiger partial charge on any atom is 0.0462 e. The van der Waals surface area contributed by atoms with Crippen molar-refractivity contribution >= 4 is 75.7 Å². The van der Waals surface area contributed by atoms with Crippen molar-refractivity contribution in [3.05, 3.63) is 375 Å². The molecule has 92 heavy (non-hydrogen) atoms. The van der Waals surface area contributed by atoms with Gasteiger partial charge in [-0.3, -0.25) is 0 Å². The normalized spacial score (nSPS) is 11.5. The highest BCUT2D eigenvalue weighted by Crippen LogP contribution is 2.53. The lowest BCUT2D eigenvalue weighted by Gasteiger charge is -2.26. The summed E-state index contributed by atoms with van der Waals surface area (Å²) >= 11 is 13.4. The van der Waals surface area contributed by atoms with Crippen LogP contribution in [0.25, 0.3) is 66.8 Å². The monoisotopic (exact) mass is 1270 g/mol. The molecule has 6 heteroatoms. The number of benzene rings is 14. The molecule has 0 amide bonds. The van der Waals surface area contributed by atoms with Crippen LogP contribution < -0.4 is 4.90 Å². The SMILES string of the molecule is Clc1ccc(-c2cccc3c2Sc2ccccc2S3)cc1.[CH3-].c1ccc(-c2ccc(Cc3ccc(-c4ccccc4)cc3)cc2)cc1.c1ccc(-c2ccc(N(c3ccc(-c4ccccc4)cc3)c3ccc(-c4cccc5c4Sc4ccccc4S5)cc3)cc2)cc1. The summed E-state index contributed by atoms with van der Waals surface area (Å²) in [4.78, 5) is 13.0. The summed E-state index contributed by atoms with van der Waals surface area (Å²) in [5.41, 5.74) is 20.9. The minimum Gasteiger partial charge on any atom is -0.358 e. The Hall–Kier alpha value is -9.43. The summed E-state index contributed by atoms with van der Waals surface area (Å²) in [6.45, 7) is 0. The number of rotatable bonds is 11. The molecule has 14 aromatic carbocycles. The molecule has 0 aliphatic carbocycles. The average molecular weight is 1270 g/mol. The van der Waals surface area contributed by atoms with Crippen molar-refractivity contribution in [2.24, 2.45) is 0 Å². The predicted molar refractivity (Wildman–Crippen MR) is 397 cm³/mol. The molecular formula is C86H63ClNS4-. The number of anilines is 3. The maximum absolute atomic E-state index is 6.00. The fraction of sp³-hybridized carbons (Fsp3) is 0.0116. The van der Waals surface area contributed by atoms with E-state index in [0.717, 1.165) is 28.5 Å². The first kappa shape index (κ1) is 61.4. The fourth-order valence-electron chi connectivity index (χ4n) is 11.4. The Bertz CT molecular complexity index is 4560. The van der Waals surface area contributed by atoms with E-state index in [1.807, 2.05) is 59.2 Å². The van der Waals surface area contributed by atoms with Crippen LogP contribution in [0.5, 0.6) is 0 Å². The van der Waals surface area contributed by atoms with Crippen LogP contribution in [0.1, 0.15) is 11.1 Å². The number of hydrogen-bond donors (Lipinski definition) is 0. The van der Waals surface area contributed by atoms with Gasteiger partial charge >= 0.3 is 0 Å². The quantitative estimate of drug-likeness (QED) is 0.118. The molecule has 0 saturated heterocycles. The van der Waals surface area contributed by atoms with Gasteiger partial charge < -0.3 is 12.3 Å². The van der Waals surface area contributed by atoms with Crippen molar-refractivity contribution in [1.29, 1.82) is 0 Å². The van der Waals surface area contributed by atoms with E-state index in [-0.39, 0.29) is 7.43 Å². The number of halogens is 1. The zero-order valence-electron chi connectivity index (χ0n) is 50.7. The summed E-state index contributed by atoms with van der Waals surface area (Å²) in [5, 5.41) is 0.774. The molecule has 2 heterocycles. The van der Waals surface area contributed by atoms with Gasteiger partial charge in [0.15, 0.2) is 0 Å². The highest BCUT2D eigenvalue weighted by molar-refractivity contribution is 8.05. The van der Waals surface area contributed by atoms with Crippen LogP contribution in [0, 0.1) is 7.43 Å². The van der Waals surface area contributed by atoms with Gasteiger partial charge in [0.1, 0.15) is 0 Å². The van der Waals surface area contributed by atoms with Gasteiger partial charge in [-0.2, -0.15) is 0 Å². The molecule has 16 rings (SSSR count). The standard InChI is InChI=1S/C42H29NS2.C25H20.C18H11ClS2.CH3/c1-3-10-30(11-4-1)32-18-24-35(25-19-32)43(36-26-20-33(21-27-36)31-12-5-2-6-13-31)37-28-22-34(23-29-37)38-14-9-17-41-42(38)45-40-16-8-7-15-39(40)44-41;1-3-7-22(8-4-1)24-15-11-20(12-16-24)19-21-13-17-25(18-14-21)23-9-5-2-6-10-23;19-13-10-8-12(9-11-13)14-4-3-7-17-18(14)21-16-6-2-1-5-15(16)20-17;/h1-29H;1-18H,19H2;1-11H;1H3/q;;;-1. The molecule has 14 aromatic rings. The van der Waals surface area contributed by atoms with Crippen LogP contribution in [0.3, 0.4) is 0 Å². The van der Waals surface area contributed by atoms with E-state index in [9.17, 15) is 0 Å². The topological polar surface area (TPSA) is 3.24 Å². The minimum atomic E-state index is 0. The molecule has 2 aliphatic heterocycles. The summed E-state index contributed by atoms with van der Waals surface area (Å²) in [6.07, 6.45) is 0.962. The van der Waals surface area contributed by atoms with E-state index < -0.39 is 0 Å².